The smallest absolute Gasteiger partial charge is 0.161 e. The van der Waals surface area contributed by atoms with Gasteiger partial charge in [0.1, 0.15) is 6.61 Å². The number of halogens is 2. The minimum atomic E-state index is 0.374. The van der Waals surface area contributed by atoms with Gasteiger partial charge in [0.15, 0.2) is 11.5 Å². The maximum atomic E-state index is 8.89. The van der Waals surface area contributed by atoms with Gasteiger partial charge < -0.3 is 14.9 Å². The van der Waals surface area contributed by atoms with Crippen LogP contribution in [0.15, 0.2) is 65.8 Å². The van der Waals surface area contributed by atoms with Crippen LogP contribution >= 0.6 is 23.2 Å². The Hall–Kier alpha value is -3.20. The maximum absolute atomic E-state index is 8.89. The van der Waals surface area contributed by atoms with Crippen molar-refractivity contribution in [1.82, 2.24) is 5.43 Å². The lowest BCUT2D eigenvalue weighted by Gasteiger charge is -2.13. The van der Waals surface area contributed by atoms with E-state index in [1.165, 1.54) is 0 Å². The Bertz CT molecular complexity index is 1070. The highest BCUT2D eigenvalue weighted by molar-refractivity contribution is 6.35. The van der Waals surface area contributed by atoms with Gasteiger partial charge in [-0.3, -0.25) is 0 Å². The third-order valence-electron chi connectivity index (χ3n) is 4.37. The summed E-state index contributed by atoms with van der Waals surface area (Å²) >= 11 is 12.3. The number of hydrazone groups is 1. The van der Waals surface area contributed by atoms with Gasteiger partial charge in [0.2, 0.25) is 0 Å². The van der Waals surface area contributed by atoms with E-state index in [0.29, 0.717) is 46.9 Å². The lowest BCUT2D eigenvalue weighted by Crippen LogP contribution is -2.07. The molecule has 158 valence electrons. The minimum Gasteiger partial charge on any atom is -0.490 e. The molecule has 0 atom stereocenters. The Morgan fingerprint density at radius 3 is 2.42 bits per heavy atom. The molecule has 31 heavy (non-hydrogen) atoms. The van der Waals surface area contributed by atoms with Gasteiger partial charge in [-0.25, -0.2) is 0 Å². The van der Waals surface area contributed by atoms with E-state index in [1.54, 1.807) is 36.5 Å². The minimum absolute atomic E-state index is 0.374. The quantitative estimate of drug-likeness (QED) is 0.320. The molecule has 0 spiro atoms. The van der Waals surface area contributed by atoms with Crippen molar-refractivity contribution in [2.24, 2.45) is 5.10 Å². The highest BCUT2D eigenvalue weighted by atomic mass is 35.5. The second-order valence-electron chi connectivity index (χ2n) is 6.53. The molecule has 1 N–H and O–H groups in total. The molecule has 7 heteroatoms. The van der Waals surface area contributed by atoms with Crippen LogP contribution in [0.5, 0.6) is 11.5 Å². The SMILES string of the molecule is CCOc1cc(/C=N\NCc2c(Cl)cccc2Cl)ccc1OCc1ccc(C#N)cc1. The van der Waals surface area contributed by atoms with Crippen molar-refractivity contribution in [2.75, 3.05) is 6.61 Å². The number of rotatable bonds is 9. The number of hydrogen-bond donors (Lipinski definition) is 1. The zero-order valence-electron chi connectivity index (χ0n) is 16.9. The third kappa shape index (κ3) is 6.39. The van der Waals surface area contributed by atoms with Crippen molar-refractivity contribution in [3.63, 3.8) is 0 Å². The van der Waals surface area contributed by atoms with Crippen molar-refractivity contribution in [2.45, 2.75) is 20.1 Å². The molecule has 0 unspecified atom stereocenters. The predicted octanol–water partition coefficient (Wildman–Crippen LogP) is 5.97. The van der Waals surface area contributed by atoms with Gasteiger partial charge in [-0.05, 0) is 60.5 Å². The van der Waals surface area contributed by atoms with E-state index in [2.05, 4.69) is 16.6 Å². The summed E-state index contributed by atoms with van der Waals surface area (Å²) in [6, 6.07) is 20.4. The van der Waals surface area contributed by atoms with Gasteiger partial charge in [-0.1, -0.05) is 41.4 Å². The molecule has 3 aromatic carbocycles. The lowest BCUT2D eigenvalue weighted by molar-refractivity contribution is 0.269. The molecule has 0 aliphatic heterocycles. The number of nitrogens with zero attached hydrogens (tertiary/aromatic N) is 2. The van der Waals surface area contributed by atoms with Crippen LogP contribution < -0.4 is 14.9 Å². The average Bonchev–Trinajstić information content (AvgIpc) is 2.78. The first kappa shape index (κ1) is 22.5. The Morgan fingerprint density at radius 2 is 1.74 bits per heavy atom. The van der Waals surface area contributed by atoms with E-state index in [0.717, 1.165) is 16.7 Å². The predicted molar refractivity (Wildman–Crippen MR) is 124 cm³/mol. The van der Waals surface area contributed by atoms with Crippen LogP contribution in [0.3, 0.4) is 0 Å². The van der Waals surface area contributed by atoms with Crippen LogP contribution in [0.25, 0.3) is 0 Å². The average molecular weight is 454 g/mol. The summed E-state index contributed by atoms with van der Waals surface area (Å²) in [5.74, 6) is 1.27. The van der Waals surface area contributed by atoms with Crippen molar-refractivity contribution < 1.29 is 9.47 Å². The molecular formula is C24H21Cl2N3O2. The first-order valence-corrected chi connectivity index (χ1v) is 10.4. The van der Waals surface area contributed by atoms with Crippen molar-refractivity contribution >= 4 is 29.4 Å². The molecule has 3 aromatic rings. The van der Waals surface area contributed by atoms with Gasteiger partial charge in [0, 0.05) is 15.6 Å². The van der Waals surface area contributed by atoms with Crippen molar-refractivity contribution in [3.8, 4) is 17.6 Å². The van der Waals surface area contributed by atoms with Crippen molar-refractivity contribution in [1.29, 1.82) is 5.26 Å². The Morgan fingerprint density at radius 1 is 1.00 bits per heavy atom. The first-order chi connectivity index (χ1) is 15.1. The summed E-state index contributed by atoms with van der Waals surface area (Å²) in [6.07, 6.45) is 1.69. The zero-order chi connectivity index (χ0) is 22.1. The number of hydrogen-bond acceptors (Lipinski definition) is 5. The summed E-state index contributed by atoms with van der Waals surface area (Å²) < 4.78 is 11.6. The van der Waals surface area contributed by atoms with E-state index in [-0.39, 0.29) is 0 Å². The van der Waals surface area contributed by atoms with E-state index < -0.39 is 0 Å². The Kier molecular flexibility index (Phi) is 8.17. The Balaban J connectivity index is 1.63. The summed E-state index contributed by atoms with van der Waals surface area (Å²) in [5, 5.41) is 14.3. The number of nitriles is 1. The number of ether oxygens (including phenoxy) is 2. The topological polar surface area (TPSA) is 66.6 Å². The van der Waals surface area contributed by atoms with Crippen LogP contribution in [-0.2, 0) is 13.2 Å². The standard InChI is InChI=1S/C24H21Cl2N3O2/c1-2-30-24-12-19(14-28-29-15-20-21(25)4-3-5-22(20)26)10-11-23(24)31-16-18-8-6-17(13-27)7-9-18/h3-12,14,29H,2,15-16H2,1H3/b28-14-. The van der Waals surface area contributed by atoms with E-state index in [1.807, 2.05) is 37.3 Å². The largest absolute Gasteiger partial charge is 0.490 e. The monoisotopic (exact) mass is 453 g/mol. The highest BCUT2D eigenvalue weighted by Crippen LogP contribution is 2.29. The summed E-state index contributed by atoms with van der Waals surface area (Å²) in [5.41, 5.74) is 6.19. The Labute approximate surface area is 191 Å². The van der Waals surface area contributed by atoms with Gasteiger partial charge in [-0.2, -0.15) is 10.4 Å². The zero-order valence-corrected chi connectivity index (χ0v) is 18.5. The summed E-state index contributed by atoms with van der Waals surface area (Å²) in [7, 11) is 0. The normalized spacial score (nSPS) is 10.6. The maximum Gasteiger partial charge on any atom is 0.161 e. The lowest BCUT2D eigenvalue weighted by atomic mass is 10.1. The molecule has 0 aromatic heterocycles. The molecule has 0 amide bonds. The second-order valence-corrected chi connectivity index (χ2v) is 7.34. The molecule has 0 aliphatic carbocycles. The van der Waals surface area contributed by atoms with E-state index >= 15 is 0 Å². The second kappa shape index (κ2) is 11.3. The van der Waals surface area contributed by atoms with Gasteiger partial charge in [-0.15, -0.1) is 0 Å². The summed E-state index contributed by atoms with van der Waals surface area (Å²) in [4.78, 5) is 0. The van der Waals surface area contributed by atoms with E-state index in [4.69, 9.17) is 37.9 Å². The molecule has 0 bridgehead atoms. The molecule has 0 fully saturated rings. The molecule has 0 aliphatic rings. The summed E-state index contributed by atoms with van der Waals surface area (Å²) in [6.45, 7) is 3.22. The van der Waals surface area contributed by atoms with Crippen LogP contribution in [0.4, 0.5) is 0 Å². The molecule has 0 heterocycles. The molecule has 3 rings (SSSR count). The fraction of sp³-hybridized carbons (Fsp3) is 0.167. The van der Waals surface area contributed by atoms with Gasteiger partial charge in [0.25, 0.3) is 0 Å². The first-order valence-electron chi connectivity index (χ1n) is 9.68. The fourth-order valence-electron chi connectivity index (χ4n) is 2.78. The van der Waals surface area contributed by atoms with Gasteiger partial charge in [0.05, 0.1) is 31.0 Å². The van der Waals surface area contributed by atoms with Gasteiger partial charge >= 0.3 is 0 Å². The van der Waals surface area contributed by atoms with Crippen molar-refractivity contribution in [3.05, 3.63) is 93.0 Å². The van der Waals surface area contributed by atoms with E-state index in [9.17, 15) is 0 Å². The van der Waals surface area contributed by atoms with Crippen LogP contribution in [-0.4, -0.2) is 12.8 Å². The number of nitrogens with one attached hydrogen (secondary N) is 1. The number of benzene rings is 3. The molecule has 0 saturated heterocycles. The molecule has 0 radical (unpaired) electrons. The molecule has 5 nitrogen and oxygen atoms in total. The molecular weight excluding hydrogens is 433 g/mol. The van der Waals surface area contributed by atoms with Crippen LogP contribution in [0.1, 0.15) is 29.2 Å². The fourth-order valence-corrected chi connectivity index (χ4v) is 3.31. The van der Waals surface area contributed by atoms with Crippen LogP contribution in [0.2, 0.25) is 10.0 Å². The third-order valence-corrected chi connectivity index (χ3v) is 5.08. The molecule has 0 saturated carbocycles. The van der Waals surface area contributed by atoms with Crippen LogP contribution in [0, 0.1) is 11.3 Å². The highest BCUT2D eigenvalue weighted by Gasteiger charge is 2.07.